The molecule has 4 rings (SSSR count). The van der Waals surface area contributed by atoms with Gasteiger partial charge in [-0.25, -0.2) is 0 Å². The second-order valence-corrected chi connectivity index (χ2v) is 9.64. The molecule has 1 aliphatic carbocycles. The topological polar surface area (TPSA) is 50.6 Å². The number of halogens is 1. The van der Waals surface area contributed by atoms with Gasteiger partial charge in [-0.15, -0.1) is 0 Å². The van der Waals surface area contributed by atoms with E-state index in [4.69, 9.17) is 16.9 Å². The quantitative estimate of drug-likeness (QED) is 0.676. The molecule has 1 saturated carbocycles. The van der Waals surface area contributed by atoms with Gasteiger partial charge in [0.1, 0.15) is 6.07 Å². The average molecular weight is 451 g/mol. The van der Waals surface area contributed by atoms with Crippen molar-refractivity contribution in [3.05, 3.63) is 63.7 Å². The van der Waals surface area contributed by atoms with Crippen LogP contribution in [0.5, 0.6) is 0 Å². The van der Waals surface area contributed by atoms with E-state index in [0.29, 0.717) is 16.6 Å². The number of carbonyl (C=O) groups excluding carboxylic acids is 1. The molecule has 0 atom stereocenters. The third kappa shape index (κ3) is 4.62. The van der Waals surface area contributed by atoms with Crippen molar-refractivity contribution in [3.63, 3.8) is 0 Å². The fraction of sp³-hybridized carbons (Fsp3) is 0.462. The monoisotopic (exact) mass is 450 g/mol. The van der Waals surface area contributed by atoms with Gasteiger partial charge in [-0.3, -0.25) is 4.79 Å². The van der Waals surface area contributed by atoms with Crippen LogP contribution < -0.4 is 4.90 Å². The van der Waals surface area contributed by atoms with Crippen LogP contribution in [0, 0.1) is 11.3 Å². The van der Waals surface area contributed by atoms with Crippen molar-refractivity contribution in [1.82, 2.24) is 9.80 Å². The first-order valence-corrected chi connectivity index (χ1v) is 11.7. The number of benzene rings is 2. The minimum absolute atomic E-state index is 0.127. The van der Waals surface area contributed by atoms with Crippen LogP contribution in [0.1, 0.15) is 52.7 Å². The number of fused-ring (bicyclic) bond motifs is 1. The first-order chi connectivity index (χ1) is 15.4. The van der Waals surface area contributed by atoms with Crippen LogP contribution in [0.4, 0.5) is 5.69 Å². The van der Waals surface area contributed by atoms with Crippen molar-refractivity contribution in [2.75, 3.05) is 32.6 Å². The van der Waals surface area contributed by atoms with Crippen LogP contribution >= 0.6 is 11.6 Å². The number of nitriles is 1. The Morgan fingerprint density at radius 3 is 2.47 bits per heavy atom. The summed E-state index contributed by atoms with van der Waals surface area (Å²) < 4.78 is 0. The fourth-order valence-electron chi connectivity index (χ4n) is 5.05. The molecule has 0 saturated heterocycles. The van der Waals surface area contributed by atoms with E-state index < -0.39 is 0 Å². The van der Waals surface area contributed by atoms with Crippen LogP contribution in [0.15, 0.2) is 36.4 Å². The highest BCUT2D eigenvalue weighted by molar-refractivity contribution is 6.32. The van der Waals surface area contributed by atoms with Gasteiger partial charge in [-0.2, -0.15) is 5.26 Å². The van der Waals surface area contributed by atoms with Gasteiger partial charge < -0.3 is 14.7 Å². The van der Waals surface area contributed by atoms with E-state index in [1.165, 1.54) is 11.1 Å². The van der Waals surface area contributed by atoms with Gasteiger partial charge in [0, 0.05) is 50.5 Å². The SMILES string of the molecule is CN1CCc2cc(C(=O)N(C)[C@H]3CC[C@H](N(C)c4ccc(C#N)c(Cl)c4)CC3)ccc2C1. The Labute approximate surface area is 196 Å². The lowest BCUT2D eigenvalue weighted by Crippen LogP contribution is -2.44. The summed E-state index contributed by atoms with van der Waals surface area (Å²) in [5.74, 6) is 0.127. The average Bonchev–Trinajstić information content (AvgIpc) is 2.82. The summed E-state index contributed by atoms with van der Waals surface area (Å²) in [6.07, 6.45) is 5.02. The molecule has 2 aliphatic rings. The van der Waals surface area contributed by atoms with Gasteiger partial charge in [0.15, 0.2) is 0 Å². The minimum Gasteiger partial charge on any atom is -0.372 e. The van der Waals surface area contributed by atoms with Crippen molar-refractivity contribution in [3.8, 4) is 6.07 Å². The molecule has 1 aliphatic heterocycles. The van der Waals surface area contributed by atoms with Crippen LogP contribution in [0.2, 0.25) is 5.02 Å². The molecule has 6 heteroatoms. The van der Waals surface area contributed by atoms with Crippen LogP contribution in [-0.4, -0.2) is 55.5 Å². The van der Waals surface area contributed by atoms with Gasteiger partial charge in [0.25, 0.3) is 5.91 Å². The molecule has 1 fully saturated rings. The molecule has 0 spiro atoms. The second-order valence-electron chi connectivity index (χ2n) is 9.24. The number of amides is 1. The molecule has 1 amide bonds. The summed E-state index contributed by atoms with van der Waals surface area (Å²) >= 11 is 6.23. The first-order valence-electron chi connectivity index (χ1n) is 11.4. The zero-order chi connectivity index (χ0) is 22.8. The van der Waals surface area contributed by atoms with Gasteiger partial charge in [0.2, 0.25) is 0 Å². The predicted molar refractivity (Wildman–Crippen MR) is 129 cm³/mol. The normalized spacial score (nSPS) is 20.8. The number of likely N-dealkylation sites (N-methyl/N-ethyl adjacent to an activating group) is 1. The third-order valence-electron chi connectivity index (χ3n) is 7.22. The van der Waals surface area contributed by atoms with Gasteiger partial charge in [-0.1, -0.05) is 17.7 Å². The number of hydrogen-bond donors (Lipinski definition) is 0. The first kappa shape index (κ1) is 22.6. The van der Waals surface area contributed by atoms with E-state index in [-0.39, 0.29) is 11.9 Å². The Morgan fingerprint density at radius 2 is 1.78 bits per heavy atom. The lowest BCUT2D eigenvalue weighted by Gasteiger charge is -2.39. The van der Waals surface area contributed by atoms with Crippen molar-refractivity contribution < 1.29 is 4.79 Å². The van der Waals surface area contributed by atoms with Gasteiger partial charge in [0.05, 0.1) is 10.6 Å². The number of anilines is 1. The molecule has 0 unspecified atom stereocenters. The van der Waals surface area contributed by atoms with Crippen LogP contribution in [0.3, 0.4) is 0 Å². The minimum atomic E-state index is 0.127. The van der Waals surface area contributed by atoms with E-state index in [1.807, 2.05) is 30.1 Å². The van der Waals surface area contributed by atoms with E-state index in [0.717, 1.165) is 56.4 Å². The lowest BCUT2D eigenvalue weighted by atomic mass is 9.89. The number of carbonyl (C=O) groups is 1. The summed E-state index contributed by atoms with van der Waals surface area (Å²) in [4.78, 5) is 19.7. The highest BCUT2D eigenvalue weighted by Crippen LogP contribution is 2.31. The second kappa shape index (κ2) is 9.52. The maximum absolute atomic E-state index is 13.2. The van der Waals surface area contributed by atoms with E-state index in [1.54, 1.807) is 6.07 Å². The van der Waals surface area contributed by atoms with Crippen molar-refractivity contribution in [2.45, 2.75) is 50.7 Å². The maximum atomic E-state index is 13.2. The molecule has 0 aromatic heterocycles. The Bertz CT molecular complexity index is 1040. The molecular formula is C26H31ClN4O. The summed E-state index contributed by atoms with van der Waals surface area (Å²) in [7, 11) is 6.17. The van der Waals surface area contributed by atoms with Crippen LogP contribution in [0.25, 0.3) is 0 Å². The zero-order valence-electron chi connectivity index (χ0n) is 19.1. The number of hydrogen-bond acceptors (Lipinski definition) is 4. The molecule has 32 heavy (non-hydrogen) atoms. The lowest BCUT2D eigenvalue weighted by molar-refractivity contribution is 0.0689. The summed E-state index contributed by atoms with van der Waals surface area (Å²) in [6.45, 7) is 2.00. The molecule has 2 aromatic rings. The molecule has 2 aromatic carbocycles. The molecule has 0 radical (unpaired) electrons. The highest BCUT2D eigenvalue weighted by atomic mass is 35.5. The zero-order valence-corrected chi connectivity index (χ0v) is 19.9. The highest BCUT2D eigenvalue weighted by Gasteiger charge is 2.29. The van der Waals surface area contributed by atoms with Gasteiger partial charge >= 0.3 is 0 Å². The van der Waals surface area contributed by atoms with E-state index >= 15 is 0 Å². The molecular weight excluding hydrogens is 420 g/mol. The smallest absolute Gasteiger partial charge is 0.253 e. The standard InChI is InChI=1S/C26H31ClN4O/c1-29-13-12-18-14-19(4-5-21(18)17-29)26(32)31(3)23-10-8-22(9-11-23)30(2)24-7-6-20(16-28)25(27)15-24/h4-7,14-15,22-23H,8-13,17H2,1-3H3/t22-,23-. The molecule has 0 N–H and O–H groups in total. The van der Waals surface area contributed by atoms with E-state index in [2.05, 4.69) is 42.1 Å². The van der Waals surface area contributed by atoms with Crippen molar-refractivity contribution >= 4 is 23.2 Å². The number of rotatable bonds is 4. The van der Waals surface area contributed by atoms with E-state index in [9.17, 15) is 4.79 Å². The Balaban J connectivity index is 1.37. The van der Waals surface area contributed by atoms with Crippen molar-refractivity contribution in [2.24, 2.45) is 0 Å². The summed E-state index contributed by atoms with van der Waals surface area (Å²) in [5, 5.41) is 9.58. The molecule has 5 nitrogen and oxygen atoms in total. The number of nitrogens with zero attached hydrogens (tertiary/aromatic N) is 4. The predicted octanol–water partition coefficient (Wildman–Crippen LogP) is 4.72. The Kier molecular flexibility index (Phi) is 6.74. The van der Waals surface area contributed by atoms with Crippen LogP contribution in [-0.2, 0) is 13.0 Å². The molecule has 1 heterocycles. The molecule has 0 bridgehead atoms. The Morgan fingerprint density at radius 1 is 1.06 bits per heavy atom. The molecule has 168 valence electrons. The largest absolute Gasteiger partial charge is 0.372 e. The van der Waals surface area contributed by atoms with Crippen molar-refractivity contribution in [1.29, 1.82) is 5.26 Å². The summed E-state index contributed by atoms with van der Waals surface area (Å²) in [5.41, 5.74) is 4.99. The van der Waals surface area contributed by atoms with Gasteiger partial charge in [-0.05, 0) is 80.6 Å². The summed E-state index contributed by atoms with van der Waals surface area (Å²) in [6, 6.07) is 14.6. The third-order valence-corrected chi connectivity index (χ3v) is 7.53. The maximum Gasteiger partial charge on any atom is 0.253 e. The fourth-order valence-corrected chi connectivity index (χ4v) is 5.27. The Hall–Kier alpha value is -2.55.